The summed E-state index contributed by atoms with van der Waals surface area (Å²) in [4.78, 5) is 13.5. The highest BCUT2D eigenvalue weighted by Crippen LogP contribution is 2.31. The van der Waals surface area contributed by atoms with Crippen LogP contribution in [0.5, 0.6) is 0 Å². The molecule has 2 aromatic carbocycles. The fourth-order valence-electron chi connectivity index (χ4n) is 5.47. The fraction of sp³-hybridized carbons (Fsp3) is 0.483. The van der Waals surface area contributed by atoms with Crippen LogP contribution >= 0.6 is 0 Å². The van der Waals surface area contributed by atoms with Crippen molar-refractivity contribution in [3.8, 4) is 0 Å². The maximum atomic E-state index is 13.4. The number of sulfonamides is 2. The molecular weight excluding hydrogens is 605 g/mol. The van der Waals surface area contributed by atoms with Gasteiger partial charge in [-0.05, 0) is 86.0 Å². The summed E-state index contributed by atoms with van der Waals surface area (Å²) in [5.41, 5.74) is 0.414. The van der Waals surface area contributed by atoms with E-state index in [0.29, 0.717) is 24.0 Å². The van der Waals surface area contributed by atoms with Gasteiger partial charge in [0.25, 0.3) is 0 Å². The van der Waals surface area contributed by atoms with E-state index in [1.807, 2.05) is 0 Å². The molecule has 2 heterocycles. The Hall–Kier alpha value is -2.78. The molecule has 2 fully saturated rings. The van der Waals surface area contributed by atoms with Crippen molar-refractivity contribution in [2.45, 2.75) is 49.2 Å². The number of alkyl halides is 3. The van der Waals surface area contributed by atoms with Crippen LogP contribution in [0.25, 0.3) is 0 Å². The predicted molar refractivity (Wildman–Crippen MR) is 157 cm³/mol. The second kappa shape index (κ2) is 13.9. The molecule has 0 aliphatic carbocycles. The molecular formula is C29H37F3N4O5S2. The van der Waals surface area contributed by atoms with Crippen LogP contribution in [0.2, 0.25) is 0 Å². The Morgan fingerprint density at radius 3 is 2.35 bits per heavy atom. The lowest BCUT2D eigenvalue weighted by Crippen LogP contribution is -2.35. The Labute approximate surface area is 251 Å². The average molecular weight is 643 g/mol. The molecule has 0 radical (unpaired) electrons. The van der Waals surface area contributed by atoms with Gasteiger partial charge in [-0.1, -0.05) is 30.8 Å². The molecule has 3 N–H and O–H groups in total. The maximum absolute atomic E-state index is 13.4. The van der Waals surface area contributed by atoms with Gasteiger partial charge in [0.15, 0.2) is 0 Å². The highest BCUT2D eigenvalue weighted by atomic mass is 32.2. The standard InChI is InChI=1S/C29H37F3N4O5S2/c1-2-42(38,39)35-19-23-13-15-36(20-23)43(40,41)26-11-7-24(8-12-26)27(16-22-4-3-14-33-17-22)28(37)34-18-21-5-9-25(10-6-21)29(30,31)32/h2,5-12,22-23,27,33,35H,1,3-4,13-20H2,(H,34,37)/t22?,23-,27?/m1/s1. The van der Waals surface area contributed by atoms with E-state index in [-0.39, 0.29) is 48.8 Å². The number of benzene rings is 2. The number of halogens is 3. The SMILES string of the molecule is C=CS(=O)(=O)NC[C@H]1CCN(S(=O)(=O)c2ccc(C(CC3CCCNC3)C(=O)NCc3ccc(C(F)(F)F)cc3)cc2)C1. The lowest BCUT2D eigenvalue weighted by atomic mass is 9.84. The van der Waals surface area contributed by atoms with Crippen molar-refractivity contribution in [2.24, 2.45) is 11.8 Å². The summed E-state index contributed by atoms with van der Waals surface area (Å²) < 4.78 is 92.4. The molecule has 4 rings (SSSR count). The van der Waals surface area contributed by atoms with Crippen molar-refractivity contribution in [1.82, 2.24) is 19.7 Å². The monoisotopic (exact) mass is 642 g/mol. The Morgan fingerprint density at radius 2 is 1.74 bits per heavy atom. The highest BCUT2D eigenvalue weighted by molar-refractivity contribution is 7.92. The highest BCUT2D eigenvalue weighted by Gasteiger charge is 2.34. The summed E-state index contributed by atoms with van der Waals surface area (Å²) in [6.07, 6.45) is -1.47. The third-order valence-corrected chi connectivity index (χ3v) is 10.9. The third kappa shape index (κ3) is 8.88. The zero-order valence-corrected chi connectivity index (χ0v) is 25.3. The summed E-state index contributed by atoms with van der Waals surface area (Å²) in [6, 6.07) is 10.9. The first-order valence-electron chi connectivity index (χ1n) is 14.2. The first-order chi connectivity index (χ1) is 20.3. The minimum atomic E-state index is -4.44. The van der Waals surface area contributed by atoms with E-state index in [9.17, 15) is 34.8 Å². The molecule has 2 aromatic rings. The van der Waals surface area contributed by atoms with E-state index in [0.717, 1.165) is 43.5 Å². The normalized spacial score (nSPS) is 20.9. The topological polar surface area (TPSA) is 125 Å². The first-order valence-corrected chi connectivity index (χ1v) is 17.1. The quantitative estimate of drug-likeness (QED) is 0.325. The Bertz CT molecular complexity index is 1480. The number of nitrogens with one attached hydrogen (secondary N) is 3. The maximum Gasteiger partial charge on any atom is 0.416 e. The number of carbonyl (C=O) groups is 1. The van der Waals surface area contributed by atoms with Crippen molar-refractivity contribution >= 4 is 26.0 Å². The van der Waals surface area contributed by atoms with Gasteiger partial charge >= 0.3 is 6.18 Å². The van der Waals surface area contributed by atoms with Gasteiger partial charge in [0, 0.05) is 31.6 Å². The van der Waals surface area contributed by atoms with E-state index < -0.39 is 37.7 Å². The lowest BCUT2D eigenvalue weighted by Gasteiger charge is -2.27. The molecule has 14 heteroatoms. The summed E-state index contributed by atoms with van der Waals surface area (Å²) in [7, 11) is -7.44. The van der Waals surface area contributed by atoms with Gasteiger partial charge < -0.3 is 10.6 Å². The molecule has 236 valence electrons. The van der Waals surface area contributed by atoms with Gasteiger partial charge in [0.05, 0.1) is 16.4 Å². The lowest BCUT2D eigenvalue weighted by molar-refractivity contribution is -0.137. The molecule has 43 heavy (non-hydrogen) atoms. The van der Waals surface area contributed by atoms with Crippen LogP contribution in [0.1, 0.15) is 48.3 Å². The zero-order valence-electron chi connectivity index (χ0n) is 23.6. The van der Waals surface area contributed by atoms with Crippen molar-refractivity contribution in [1.29, 1.82) is 0 Å². The fourth-order valence-corrected chi connectivity index (χ4v) is 7.59. The van der Waals surface area contributed by atoms with Crippen molar-refractivity contribution < 1.29 is 34.8 Å². The molecule has 0 bridgehead atoms. The Balaban J connectivity index is 1.45. The number of piperidine rings is 1. The molecule has 3 atom stereocenters. The van der Waals surface area contributed by atoms with Crippen LogP contribution in [0.3, 0.4) is 0 Å². The molecule has 0 aromatic heterocycles. The molecule has 0 spiro atoms. The van der Waals surface area contributed by atoms with Crippen LogP contribution < -0.4 is 15.4 Å². The van der Waals surface area contributed by atoms with Gasteiger partial charge in [-0.2, -0.15) is 17.5 Å². The van der Waals surface area contributed by atoms with Crippen LogP contribution in [-0.2, 0) is 37.6 Å². The summed E-state index contributed by atoms with van der Waals surface area (Å²) in [5.74, 6) is -0.805. The molecule has 2 aliphatic rings. The molecule has 2 unspecified atom stereocenters. The largest absolute Gasteiger partial charge is 0.416 e. The average Bonchev–Trinajstić information content (AvgIpc) is 3.48. The second-order valence-electron chi connectivity index (χ2n) is 11.1. The van der Waals surface area contributed by atoms with Crippen LogP contribution in [-0.4, -0.2) is 59.8 Å². The number of hydrogen-bond donors (Lipinski definition) is 3. The van der Waals surface area contributed by atoms with Gasteiger partial charge in [-0.25, -0.2) is 21.6 Å². The van der Waals surface area contributed by atoms with Crippen molar-refractivity contribution in [3.05, 3.63) is 77.2 Å². The molecule has 1 amide bonds. The van der Waals surface area contributed by atoms with E-state index in [4.69, 9.17) is 0 Å². The van der Waals surface area contributed by atoms with Gasteiger partial charge in [0.1, 0.15) is 0 Å². The predicted octanol–water partition coefficient (Wildman–Crippen LogP) is 3.57. The Kier molecular flexibility index (Phi) is 10.7. The summed E-state index contributed by atoms with van der Waals surface area (Å²) >= 11 is 0. The second-order valence-corrected chi connectivity index (χ2v) is 14.7. The summed E-state index contributed by atoms with van der Waals surface area (Å²) in [6.45, 7) is 5.52. The van der Waals surface area contributed by atoms with E-state index in [1.54, 1.807) is 12.1 Å². The molecule has 2 aliphatic heterocycles. The van der Waals surface area contributed by atoms with Crippen LogP contribution in [0.4, 0.5) is 13.2 Å². The zero-order chi connectivity index (χ0) is 31.3. The third-order valence-electron chi connectivity index (χ3n) is 7.99. The van der Waals surface area contributed by atoms with E-state index in [1.165, 1.54) is 28.6 Å². The van der Waals surface area contributed by atoms with Crippen molar-refractivity contribution in [3.63, 3.8) is 0 Å². The van der Waals surface area contributed by atoms with E-state index >= 15 is 0 Å². The number of hydrogen-bond acceptors (Lipinski definition) is 6. The van der Waals surface area contributed by atoms with E-state index in [2.05, 4.69) is 21.9 Å². The number of nitrogens with zero attached hydrogens (tertiary/aromatic N) is 1. The van der Waals surface area contributed by atoms with Crippen LogP contribution in [0, 0.1) is 11.8 Å². The number of carbonyl (C=O) groups excluding carboxylic acids is 1. The molecule has 2 saturated heterocycles. The van der Waals surface area contributed by atoms with Gasteiger partial charge in [-0.3, -0.25) is 4.79 Å². The number of amides is 1. The summed E-state index contributed by atoms with van der Waals surface area (Å²) in [5, 5.41) is 6.99. The molecule has 0 saturated carbocycles. The Morgan fingerprint density at radius 1 is 1.05 bits per heavy atom. The van der Waals surface area contributed by atoms with Crippen LogP contribution in [0.15, 0.2) is 65.4 Å². The van der Waals surface area contributed by atoms with Gasteiger partial charge in [-0.15, -0.1) is 0 Å². The van der Waals surface area contributed by atoms with Crippen molar-refractivity contribution in [2.75, 3.05) is 32.7 Å². The van der Waals surface area contributed by atoms with Gasteiger partial charge in [0.2, 0.25) is 26.0 Å². The first kappa shape index (κ1) is 33.1. The molecule has 9 nitrogen and oxygen atoms in total. The minimum absolute atomic E-state index is 0.0575. The smallest absolute Gasteiger partial charge is 0.351 e. The minimum Gasteiger partial charge on any atom is -0.351 e. The number of rotatable bonds is 12.